The highest BCUT2D eigenvalue weighted by Gasteiger charge is 2.13. The van der Waals surface area contributed by atoms with Gasteiger partial charge in [-0.1, -0.05) is 13.0 Å². The van der Waals surface area contributed by atoms with Crippen LogP contribution in [0.15, 0.2) is 28.6 Å². The lowest BCUT2D eigenvalue weighted by atomic mass is 10.2. The Morgan fingerprint density at radius 2 is 2.12 bits per heavy atom. The minimum atomic E-state index is 0. The van der Waals surface area contributed by atoms with Gasteiger partial charge in [-0.25, -0.2) is 4.98 Å². The molecule has 25 heavy (non-hydrogen) atoms. The van der Waals surface area contributed by atoms with Crippen molar-refractivity contribution in [1.82, 2.24) is 15.6 Å². The minimum Gasteiger partial charge on any atom is -0.454 e. The van der Waals surface area contributed by atoms with Gasteiger partial charge in [0.05, 0.1) is 10.7 Å². The Morgan fingerprint density at radius 3 is 2.88 bits per heavy atom. The summed E-state index contributed by atoms with van der Waals surface area (Å²) in [5.41, 5.74) is 2.25. The summed E-state index contributed by atoms with van der Waals surface area (Å²) < 4.78 is 10.7. The Kier molecular flexibility index (Phi) is 7.76. The van der Waals surface area contributed by atoms with Gasteiger partial charge in [-0.2, -0.15) is 0 Å². The van der Waals surface area contributed by atoms with Crippen LogP contribution in [0.5, 0.6) is 11.5 Å². The number of aromatic nitrogens is 1. The number of rotatable bonds is 6. The molecular formula is C17H23IN4O2S. The Bertz CT molecular complexity index is 720. The molecule has 6 nitrogen and oxygen atoms in total. The second-order valence-corrected chi connectivity index (χ2v) is 6.32. The number of thiazole rings is 1. The molecule has 2 N–H and O–H groups in total. The van der Waals surface area contributed by atoms with E-state index in [4.69, 9.17) is 9.47 Å². The minimum absolute atomic E-state index is 0. The Labute approximate surface area is 169 Å². The van der Waals surface area contributed by atoms with Gasteiger partial charge in [0.1, 0.15) is 0 Å². The summed E-state index contributed by atoms with van der Waals surface area (Å²) in [6.45, 7) is 3.90. The summed E-state index contributed by atoms with van der Waals surface area (Å²) in [4.78, 5) is 8.82. The predicted octanol–water partition coefficient (Wildman–Crippen LogP) is 2.96. The van der Waals surface area contributed by atoms with Crippen LogP contribution in [-0.4, -0.2) is 31.3 Å². The second kappa shape index (κ2) is 9.81. The summed E-state index contributed by atoms with van der Waals surface area (Å²) in [6, 6.07) is 5.95. The van der Waals surface area contributed by atoms with Crippen molar-refractivity contribution < 1.29 is 9.47 Å². The molecule has 2 aromatic rings. The third kappa shape index (κ3) is 5.46. The first-order valence-corrected chi connectivity index (χ1v) is 8.92. The van der Waals surface area contributed by atoms with E-state index in [1.54, 1.807) is 18.4 Å². The Morgan fingerprint density at radius 1 is 1.28 bits per heavy atom. The molecule has 0 radical (unpaired) electrons. The molecule has 0 bridgehead atoms. The lowest BCUT2D eigenvalue weighted by Gasteiger charge is -2.11. The molecule has 0 saturated heterocycles. The molecule has 1 aromatic heterocycles. The van der Waals surface area contributed by atoms with Gasteiger partial charge in [-0.15, -0.1) is 35.3 Å². The molecule has 1 aliphatic heterocycles. The van der Waals surface area contributed by atoms with E-state index in [-0.39, 0.29) is 24.0 Å². The molecular weight excluding hydrogens is 451 g/mol. The van der Waals surface area contributed by atoms with Crippen LogP contribution in [0, 0.1) is 0 Å². The molecule has 3 rings (SSSR count). The van der Waals surface area contributed by atoms with Crippen molar-refractivity contribution in [3.05, 3.63) is 39.8 Å². The highest BCUT2D eigenvalue weighted by atomic mass is 127. The number of nitrogens with one attached hydrogen (secondary N) is 2. The average molecular weight is 474 g/mol. The third-order valence-corrected chi connectivity index (χ3v) is 4.74. The molecule has 0 aliphatic carbocycles. The quantitative estimate of drug-likeness (QED) is 0.383. The van der Waals surface area contributed by atoms with Crippen LogP contribution in [0.4, 0.5) is 0 Å². The molecule has 8 heteroatoms. The largest absolute Gasteiger partial charge is 0.454 e. The molecule has 0 spiro atoms. The first kappa shape index (κ1) is 19.8. The number of guanidine groups is 1. The fraction of sp³-hybridized carbons (Fsp3) is 0.412. The van der Waals surface area contributed by atoms with Crippen LogP contribution in [0.2, 0.25) is 0 Å². The van der Waals surface area contributed by atoms with Gasteiger partial charge in [0.15, 0.2) is 17.5 Å². The van der Waals surface area contributed by atoms with Crippen LogP contribution in [0.1, 0.15) is 23.2 Å². The number of aliphatic imine (C=N–C) groups is 1. The maximum Gasteiger partial charge on any atom is 0.231 e. The molecule has 2 heterocycles. The van der Waals surface area contributed by atoms with Crippen molar-refractivity contribution in [3.8, 4) is 11.5 Å². The van der Waals surface area contributed by atoms with Crippen molar-refractivity contribution in [2.45, 2.75) is 26.3 Å². The number of nitrogens with zero attached hydrogens (tertiary/aromatic N) is 2. The fourth-order valence-electron chi connectivity index (χ4n) is 2.39. The highest BCUT2D eigenvalue weighted by Crippen LogP contribution is 2.32. The molecule has 0 saturated carbocycles. The zero-order valence-electron chi connectivity index (χ0n) is 14.4. The molecule has 1 aromatic carbocycles. The first-order valence-electron chi connectivity index (χ1n) is 8.05. The molecule has 136 valence electrons. The highest BCUT2D eigenvalue weighted by molar-refractivity contribution is 14.0. The Balaban J connectivity index is 0.00000225. The van der Waals surface area contributed by atoms with E-state index in [9.17, 15) is 0 Å². The normalized spacial score (nSPS) is 12.6. The standard InChI is InChI=1S/C17H22N4O2S.HI/c1-3-16-21-13(10-24-16)6-7-19-17(18-2)20-9-12-4-5-14-15(8-12)23-11-22-14;/h4-5,8,10H,3,6-7,9,11H2,1-2H3,(H2,18,19,20);1H. The van der Waals surface area contributed by atoms with E-state index in [2.05, 4.69) is 32.9 Å². The summed E-state index contributed by atoms with van der Waals surface area (Å²) in [7, 11) is 1.77. The fourth-order valence-corrected chi connectivity index (χ4v) is 3.17. The summed E-state index contributed by atoms with van der Waals surface area (Å²) in [5.74, 6) is 2.38. The average Bonchev–Trinajstić information content (AvgIpc) is 3.26. The molecule has 0 amide bonds. The van der Waals surface area contributed by atoms with Crippen LogP contribution < -0.4 is 20.1 Å². The summed E-state index contributed by atoms with van der Waals surface area (Å²) in [6.07, 6.45) is 1.89. The monoisotopic (exact) mass is 474 g/mol. The van der Waals surface area contributed by atoms with Gasteiger partial charge < -0.3 is 20.1 Å². The van der Waals surface area contributed by atoms with E-state index in [1.807, 2.05) is 18.2 Å². The maximum atomic E-state index is 5.40. The summed E-state index contributed by atoms with van der Waals surface area (Å²) >= 11 is 1.72. The van der Waals surface area contributed by atoms with E-state index >= 15 is 0 Å². The number of fused-ring (bicyclic) bond motifs is 1. The van der Waals surface area contributed by atoms with Gasteiger partial charge in [-0.05, 0) is 24.1 Å². The molecule has 1 aliphatic rings. The third-order valence-electron chi connectivity index (χ3n) is 3.70. The SMILES string of the molecule is CCc1nc(CCNC(=NC)NCc2ccc3c(c2)OCO3)cs1.I. The maximum absolute atomic E-state index is 5.40. The lowest BCUT2D eigenvalue weighted by Crippen LogP contribution is -2.37. The van der Waals surface area contributed by atoms with E-state index in [0.717, 1.165) is 48.1 Å². The summed E-state index contributed by atoms with van der Waals surface area (Å²) in [5, 5.41) is 9.94. The number of ether oxygens (including phenoxy) is 2. The van der Waals surface area contributed by atoms with Crippen molar-refractivity contribution in [2.75, 3.05) is 20.4 Å². The van der Waals surface area contributed by atoms with Crippen molar-refractivity contribution in [1.29, 1.82) is 0 Å². The van der Waals surface area contributed by atoms with Gasteiger partial charge >= 0.3 is 0 Å². The molecule has 0 unspecified atom stereocenters. The lowest BCUT2D eigenvalue weighted by molar-refractivity contribution is 0.174. The van der Waals surface area contributed by atoms with Gasteiger partial charge in [0, 0.05) is 31.9 Å². The van der Waals surface area contributed by atoms with Crippen LogP contribution in [-0.2, 0) is 19.4 Å². The van der Waals surface area contributed by atoms with Crippen molar-refractivity contribution in [3.63, 3.8) is 0 Å². The van der Waals surface area contributed by atoms with E-state index < -0.39 is 0 Å². The number of halogens is 1. The molecule has 0 atom stereocenters. The van der Waals surface area contributed by atoms with Gasteiger partial charge in [0.2, 0.25) is 6.79 Å². The smallest absolute Gasteiger partial charge is 0.231 e. The van der Waals surface area contributed by atoms with Crippen molar-refractivity contribution >= 4 is 41.3 Å². The number of hydrogen-bond donors (Lipinski definition) is 2. The number of hydrogen-bond acceptors (Lipinski definition) is 5. The topological polar surface area (TPSA) is 67.8 Å². The van der Waals surface area contributed by atoms with Gasteiger partial charge in [0.25, 0.3) is 0 Å². The van der Waals surface area contributed by atoms with E-state index in [0.29, 0.717) is 13.3 Å². The number of benzene rings is 1. The van der Waals surface area contributed by atoms with Crippen LogP contribution >= 0.6 is 35.3 Å². The van der Waals surface area contributed by atoms with Crippen LogP contribution in [0.25, 0.3) is 0 Å². The van der Waals surface area contributed by atoms with Crippen LogP contribution in [0.3, 0.4) is 0 Å². The molecule has 0 fully saturated rings. The van der Waals surface area contributed by atoms with Gasteiger partial charge in [-0.3, -0.25) is 4.99 Å². The van der Waals surface area contributed by atoms with E-state index in [1.165, 1.54) is 5.01 Å². The first-order chi connectivity index (χ1) is 11.8. The predicted molar refractivity (Wildman–Crippen MR) is 111 cm³/mol. The van der Waals surface area contributed by atoms with Crippen molar-refractivity contribution in [2.24, 2.45) is 4.99 Å². The zero-order chi connectivity index (χ0) is 16.8. The number of aryl methyl sites for hydroxylation is 1. The Hall–Kier alpha value is -1.55. The second-order valence-electron chi connectivity index (χ2n) is 5.38. The zero-order valence-corrected chi connectivity index (χ0v) is 17.5.